The second-order valence-electron chi connectivity index (χ2n) is 4.50. The fourth-order valence-electron chi connectivity index (χ4n) is 2.05. The van der Waals surface area contributed by atoms with Crippen LogP contribution in [0.2, 0.25) is 0 Å². The van der Waals surface area contributed by atoms with Crippen molar-refractivity contribution in [3.63, 3.8) is 0 Å². The maximum atomic E-state index is 13.4. The van der Waals surface area contributed by atoms with Gasteiger partial charge in [-0.05, 0) is 35.9 Å². The number of aromatic nitrogens is 2. The standard InChI is InChI=1S/C16H12BrFN2O/c1-21-15-8-11(4-7-13(15)18)16-19-9-14(20-16)10-2-5-12(17)6-3-10/h2-9H,1H3,(H,19,20). The van der Waals surface area contributed by atoms with E-state index in [1.807, 2.05) is 24.3 Å². The van der Waals surface area contributed by atoms with Crippen molar-refractivity contribution in [2.75, 3.05) is 7.11 Å². The van der Waals surface area contributed by atoms with Crippen LogP contribution >= 0.6 is 15.9 Å². The molecule has 0 fully saturated rings. The van der Waals surface area contributed by atoms with Gasteiger partial charge in [-0.1, -0.05) is 28.1 Å². The normalized spacial score (nSPS) is 10.6. The molecule has 0 amide bonds. The highest BCUT2D eigenvalue weighted by molar-refractivity contribution is 9.10. The van der Waals surface area contributed by atoms with Crippen molar-refractivity contribution in [1.29, 1.82) is 0 Å². The molecule has 0 saturated heterocycles. The zero-order chi connectivity index (χ0) is 14.8. The van der Waals surface area contributed by atoms with Gasteiger partial charge in [-0.2, -0.15) is 0 Å². The van der Waals surface area contributed by atoms with E-state index >= 15 is 0 Å². The van der Waals surface area contributed by atoms with Gasteiger partial charge in [0.25, 0.3) is 0 Å². The lowest BCUT2D eigenvalue weighted by Gasteiger charge is -2.03. The van der Waals surface area contributed by atoms with Crippen LogP contribution in [-0.4, -0.2) is 17.1 Å². The smallest absolute Gasteiger partial charge is 0.165 e. The summed E-state index contributed by atoms with van der Waals surface area (Å²) in [5.41, 5.74) is 2.71. The third-order valence-corrected chi connectivity index (χ3v) is 3.68. The second-order valence-corrected chi connectivity index (χ2v) is 5.42. The zero-order valence-corrected chi connectivity index (χ0v) is 12.8. The molecular weight excluding hydrogens is 335 g/mol. The summed E-state index contributed by atoms with van der Waals surface area (Å²) in [7, 11) is 1.44. The molecule has 1 heterocycles. The molecule has 106 valence electrons. The molecule has 0 saturated carbocycles. The molecule has 2 aromatic carbocycles. The first kappa shape index (κ1) is 13.8. The van der Waals surface area contributed by atoms with Gasteiger partial charge in [-0.25, -0.2) is 9.37 Å². The molecule has 3 rings (SSSR count). The second kappa shape index (κ2) is 5.69. The summed E-state index contributed by atoms with van der Waals surface area (Å²) in [6, 6.07) is 12.6. The Labute approximate surface area is 129 Å². The number of benzene rings is 2. The Morgan fingerprint density at radius 1 is 1.10 bits per heavy atom. The number of rotatable bonds is 3. The number of methoxy groups -OCH3 is 1. The van der Waals surface area contributed by atoms with Gasteiger partial charge in [-0.3, -0.25) is 0 Å². The Morgan fingerprint density at radius 3 is 2.52 bits per heavy atom. The number of imidazole rings is 1. The summed E-state index contributed by atoms with van der Waals surface area (Å²) in [6.07, 6.45) is 1.76. The van der Waals surface area contributed by atoms with Crippen LogP contribution in [0.4, 0.5) is 4.39 Å². The number of ether oxygens (including phenoxy) is 1. The summed E-state index contributed by atoms with van der Waals surface area (Å²) in [4.78, 5) is 7.58. The van der Waals surface area contributed by atoms with Crippen molar-refractivity contribution >= 4 is 15.9 Å². The summed E-state index contributed by atoms with van der Waals surface area (Å²) in [5, 5.41) is 0. The number of hydrogen-bond acceptors (Lipinski definition) is 2. The predicted octanol–water partition coefficient (Wildman–Crippen LogP) is 4.65. The van der Waals surface area contributed by atoms with Crippen molar-refractivity contribution in [3.05, 3.63) is 59.0 Å². The van der Waals surface area contributed by atoms with E-state index in [-0.39, 0.29) is 11.6 Å². The molecule has 21 heavy (non-hydrogen) atoms. The molecule has 0 spiro atoms. The molecular formula is C16H12BrFN2O. The third-order valence-electron chi connectivity index (χ3n) is 3.16. The number of aromatic amines is 1. The van der Waals surface area contributed by atoms with Gasteiger partial charge in [0.05, 0.1) is 19.0 Å². The van der Waals surface area contributed by atoms with Crippen molar-refractivity contribution < 1.29 is 9.13 Å². The van der Waals surface area contributed by atoms with Crippen LogP contribution in [-0.2, 0) is 0 Å². The molecule has 3 aromatic rings. The minimum absolute atomic E-state index is 0.203. The molecule has 0 bridgehead atoms. The van der Waals surface area contributed by atoms with Crippen LogP contribution in [0, 0.1) is 5.82 Å². The van der Waals surface area contributed by atoms with Gasteiger partial charge in [0.1, 0.15) is 5.82 Å². The van der Waals surface area contributed by atoms with Crippen molar-refractivity contribution in [1.82, 2.24) is 9.97 Å². The number of hydrogen-bond donors (Lipinski definition) is 1. The molecule has 1 aromatic heterocycles. The lowest BCUT2D eigenvalue weighted by Crippen LogP contribution is -1.89. The largest absolute Gasteiger partial charge is 0.494 e. The number of halogens is 2. The summed E-state index contributed by atoms with van der Waals surface area (Å²) in [5.74, 6) is 0.487. The van der Waals surface area contributed by atoms with Crippen molar-refractivity contribution in [2.24, 2.45) is 0 Å². The number of nitrogens with zero attached hydrogens (tertiary/aromatic N) is 1. The minimum atomic E-state index is -0.388. The minimum Gasteiger partial charge on any atom is -0.494 e. The fraction of sp³-hybridized carbons (Fsp3) is 0.0625. The van der Waals surface area contributed by atoms with Crippen LogP contribution < -0.4 is 4.74 Å². The van der Waals surface area contributed by atoms with Gasteiger partial charge < -0.3 is 9.72 Å². The van der Waals surface area contributed by atoms with Crippen LogP contribution in [0.15, 0.2) is 53.1 Å². The Kier molecular flexibility index (Phi) is 3.75. The van der Waals surface area contributed by atoms with Gasteiger partial charge >= 0.3 is 0 Å². The predicted molar refractivity (Wildman–Crippen MR) is 83.7 cm³/mol. The van der Waals surface area contributed by atoms with Crippen molar-refractivity contribution in [2.45, 2.75) is 0 Å². The molecule has 5 heteroatoms. The summed E-state index contributed by atoms with van der Waals surface area (Å²) < 4.78 is 19.4. The highest BCUT2D eigenvalue weighted by Crippen LogP contribution is 2.27. The lowest BCUT2D eigenvalue weighted by molar-refractivity contribution is 0.387. The van der Waals surface area contributed by atoms with Crippen molar-refractivity contribution in [3.8, 4) is 28.4 Å². The Hall–Kier alpha value is -2.14. The van der Waals surface area contributed by atoms with E-state index in [4.69, 9.17) is 4.74 Å². The van der Waals surface area contributed by atoms with E-state index < -0.39 is 0 Å². The van der Waals surface area contributed by atoms with E-state index in [0.717, 1.165) is 21.3 Å². The average Bonchev–Trinajstić information content (AvgIpc) is 2.98. The van der Waals surface area contributed by atoms with Gasteiger partial charge in [-0.15, -0.1) is 0 Å². The molecule has 3 nitrogen and oxygen atoms in total. The van der Waals surface area contributed by atoms with Gasteiger partial charge in [0.15, 0.2) is 11.6 Å². The van der Waals surface area contributed by atoms with E-state index in [1.165, 1.54) is 13.2 Å². The Morgan fingerprint density at radius 2 is 1.81 bits per heavy atom. The Bertz CT molecular complexity index is 768. The fourth-order valence-corrected chi connectivity index (χ4v) is 2.32. The quantitative estimate of drug-likeness (QED) is 0.749. The van der Waals surface area contributed by atoms with E-state index in [2.05, 4.69) is 25.9 Å². The molecule has 0 radical (unpaired) electrons. The van der Waals surface area contributed by atoms with E-state index in [1.54, 1.807) is 18.3 Å². The van der Waals surface area contributed by atoms with Gasteiger partial charge in [0.2, 0.25) is 0 Å². The molecule has 1 N–H and O–H groups in total. The van der Waals surface area contributed by atoms with Crippen LogP contribution in [0.25, 0.3) is 22.6 Å². The van der Waals surface area contributed by atoms with Crippen LogP contribution in [0.5, 0.6) is 5.75 Å². The maximum absolute atomic E-state index is 13.4. The monoisotopic (exact) mass is 346 g/mol. The highest BCUT2D eigenvalue weighted by atomic mass is 79.9. The number of H-pyrrole nitrogens is 1. The van der Waals surface area contributed by atoms with Crippen LogP contribution in [0.3, 0.4) is 0 Å². The molecule has 0 unspecified atom stereocenters. The molecule has 0 aliphatic carbocycles. The Balaban J connectivity index is 1.96. The topological polar surface area (TPSA) is 37.9 Å². The first-order valence-corrected chi connectivity index (χ1v) is 7.11. The summed E-state index contributed by atoms with van der Waals surface area (Å²) in [6.45, 7) is 0. The first-order valence-electron chi connectivity index (χ1n) is 6.32. The maximum Gasteiger partial charge on any atom is 0.165 e. The van der Waals surface area contributed by atoms with E-state index in [0.29, 0.717) is 5.82 Å². The van der Waals surface area contributed by atoms with E-state index in [9.17, 15) is 4.39 Å². The zero-order valence-electron chi connectivity index (χ0n) is 11.2. The molecule has 0 aliphatic rings. The average molecular weight is 347 g/mol. The SMILES string of the molecule is COc1cc(-c2ncc(-c3ccc(Br)cc3)[nH]2)ccc1F. The summed E-state index contributed by atoms with van der Waals surface area (Å²) >= 11 is 3.41. The molecule has 0 atom stereocenters. The highest BCUT2D eigenvalue weighted by Gasteiger charge is 2.09. The number of nitrogens with one attached hydrogen (secondary N) is 1. The van der Waals surface area contributed by atoms with Crippen LogP contribution in [0.1, 0.15) is 0 Å². The molecule has 0 aliphatic heterocycles. The first-order chi connectivity index (χ1) is 10.2. The third kappa shape index (κ3) is 2.83. The van der Waals surface area contributed by atoms with Gasteiger partial charge in [0, 0.05) is 10.0 Å². The lowest BCUT2D eigenvalue weighted by atomic mass is 10.2.